The Hall–Kier alpha value is -1.39. The van der Waals surface area contributed by atoms with Crippen LogP contribution >= 0.6 is 0 Å². The van der Waals surface area contributed by atoms with E-state index in [4.69, 9.17) is 0 Å². The smallest absolute Gasteiger partial charge is 0.245 e. The summed E-state index contributed by atoms with van der Waals surface area (Å²) in [6, 6.07) is 10.1. The van der Waals surface area contributed by atoms with Gasteiger partial charge in [0.15, 0.2) is 0 Å². The van der Waals surface area contributed by atoms with Gasteiger partial charge in [0.05, 0.1) is 6.04 Å². The molecule has 2 atom stereocenters. The molecule has 98 valence electrons. The number of likely N-dealkylation sites (N-methyl/N-ethyl adjacent to an activating group) is 1. The number of benzene rings is 1. The fourth-order valence-corrected chi connectivity index (χ4v) is 2.22. The van der Waals surface area contributed by atoms with Crippen molar-refractivity contribution in [2.24, 2.45) is 0 Å². The van der Waals surface area contributed by atoms with Crippen LogP contribution in [0, 0.1) is 0 Å². The molecule has 0 aromatic heterocycles. The lowest BCUT2D eigenvalue weighted by Gasteiger charge is -2.32. The van der Waals surface area contributed by atoms with Crippen LogP contribution in [0.3, 0.4) is 0 Å². The first-order chi connectivity index (χ1) is 8.72. The van der Waals surface area contributed by atoms with Crippen LogP contribution in [-0.4, -0.2) is 37.6 Å². The minimum Gasteiger partial charge on any atom is -0.311 e. The van der Waals surface area contributed by atoms with Crippen LogP contribution in [0.1, 0.15) is 13.8 Å². The molecule has 0 spiro atoms. The predicted molar refractivity (Wildman–Crippen MR) is 73.7 cm³/mol. The van der Waals surface area contributed by atoms with Gasteiger partial charge >= 0.3 is 0 Å². The van der Waals surface area contributed by atoms with E-state index in [1.165, 1.54) is 0 Å². The van der Waals surface area contributed by atoms with Crippen LogP contribution in [0.25, 0.3) is 0 Å². The molecule has 1 heterocycles. The number of amides is 1. The van der Waals surface area contributed by atoms with Gasteiger partial charge in [-0.25, -0.2) is 0 Å². The SMILES string of the molecule is CCN(C(=O)C1CNC(C)CN1)c1ccccc1. The first kappa shape index (κ1) is 13.1. The molecular formula is C14H21N3O. The van der Waals surface area contributed by atoms with Crippen molar-refractivity contribution >= 4 is 11.6 Å². The van der Waals surface area contributed by atoms with Crippen LogP contribution in [0.2, 0.25) is 0 Å². The molecule has 0 aliphatic carbocycles. The maximum atomic E-state index is 12.5. The molecule has 1 aromatic rings. The average molecular weight is 247 g/mol. The molecule has 18 heavy (non-hydrogen) atoms. The highest BCUT2D eigenvalue weighted by atomic mass is 16.2. The summed E-state index contributed by atoms with van der Waals surface area (Å²) in [5, 5.41) is 6.63. The number of hydrogen-bond donors (Lipinski definition) is 2. The zero-order valence-electron chi connectivity index (χ0n) is 11.0. The van der Waals surface area contributed by atoms with Crippen molar-refractivity contribution in [1.82, 2.24) is 10.6 Å². The summed E-state index contributed by atoms with van der Waals surface area (Å²) >= 11 is 0. The largest absolute Gasteiger partial charge is 0.311 e. The highest BCUT2D eigenvalue weighted by Crippen LogP contribution is 2.14. The second-order valence-corrected chi connectivity index (χ2v) is 4.69. The molecule has 0 radical (unpaired) electrons. The molecule has 2 rings (SSSR count). The Labute approximate surface area is 108 Å². The molecule has 1 aromatic carbocycles. The first-order valence-electron chi connectivity index (χ1n) is 6.55. The van der Waals surface area contributed by atoms with Crippen LogP contribution in [0.5, 0.6) is 0 Å². The van der Waals surface area contributed by atoms with E-state index in [2.05, 4.69) is 17.6 Å². The maximum absolute atomic E-state index is 12.5. The van der Waals surface area contributed by atoms with Gasteiger partial charge in [0, 0.05) is 31.4 Å². The number of para-hydroxylation sites is 1. The molecule has 1 fully saturated rings. The number of piperazine rings is 1. The quantitative estimate of drug-likeness (QED) is 0.837. The normalized spacial score (nSPS) is 23.7. The number of carbonyl (C=O) groups is 1. The molecule has 2 unspecified atom stereocenters. The number of carbonyl (C=O) groups excluding carboxylic acids is 1. The van der Waals surface area contributed by atoms with Gasteiger partial charge in [0.1, 0.15) is 0 Å². The van der Waals surface area contributed by atoms with Gasteiger partial charge < -0.3 is 15.5 Å². The zero-order chi connectivity index (χ0) is 13.0. The Balaban J connectivity index is 2.06. The molecular weight excluding hydrogens is 226 g/mol. The van der Waals surface area contributed by atoms with Crippen LogP contribution in [-0.2, 0) is 4.79 Å². The van der Waals surface area contributed by atoms with Crippen molar-refractivity contribution in [1.29, 1.82) is 0 Å². The lowest BCUT2D eigenvalue weighted by Crippen LogP contribution is -2.59. The van der Waals surface area contributed by atoms with E-state index in [0.29, 0.717) is 19.1 Å². The van der Waals surface area contributed by atoms with Crippen molar-refractivity contribution in [3.63, 3.8) is 0 Å². The molecule has 4 nitrogen and oxygen atoms in total. The lowest BCUT2D eigenvalue weighted by molar-refractivity contribution is -0.120. The van der Waals surface area contributed by atoms with Crippen LogP contribution in [0.15, 0.2) is 30.3 Å². The van der Waals surface area contributed by atoms with Gasteiger partial charge in [-0.15, -0.1) is 0 Å². The van der Waals surface area contributed by atoms with Gasteiger partial charge in [-0.2, -0.15) is 0 Å². The Morgan fingerprint density at radius 3 is 2.56 bits per heavy atom. The summed E-state index contributed by atoms with van der Waals surface area (Å²) in [7, 11) is 0. The Morgan fingerprint density at radius 2 is 2.00 bits per heavy atom. The maximum Gasteiger partial charge on any atom is 0.245 e. The summed E-state index contributed by atoms with van der Waals surface area (Å²) in [6.07, 6.45) is 0. The molecule has 4 heteroatoms. The second kappa shape index (κ2) is 5.98. The summed E-state index contributed by atoms with van der Waals surface area (Å²) < 4.78 is 0. The number of anilines is 1. The summed E-state index contributed by atoms with van der Waals surface area (Å²) in [6.45, 7) is 6.34. The first-order valence-corrected chi connectivity index (χ1v) is 6.55. The predicted octanol–water partition coefficient (Wildman–Crippen LogP) is 0.989. The summed E-state index contributed by atoms with van der Waals surface area (Å²) in [5.74, 6) is 0.142. The van der Waals surface area contributed by atoms with Gasteiger partial charge in [-0.1, -0.05) is 18.2 Å². The summed E-state index contributed by atoms with van der Waals surface area (Å²) in [4.78, 5) is 14.3. The summed E-state index contributed by atoms with van der Waals surface area (Å²) in [5.41, 5.74) is 0.963. The Kier molecular flexibility index (Phi) is 4.33. The second-order valence-electron chi connectivity index (χ2n) is 4.69. The van der Waals surface area contributed by atoms with Gasteiger partial charge in [-0.3, -0.25) is 4.79 Å². The standard InChI is InChI=1S/C14H21N3O/c1-3-17(12-7-5-4-6-8-12)14(18)13-10-15-11(2)9-16-13/h4-8,11,13,15-16H,3,9-10H2,1-2H3. The van der Waals surface area contributed by atoms with Crippen LogP contribution < -0.4 is 15.5 Å². The van der Waals surface area contributed by atoms with E-state index in [1.807, 2.05) is 42.2 Å². The number of nitrogens with one attached hydrogen (secondary N) is 2. The third-order valence-corrected chi connectivity index (χ3v) is 3.29. The fraction of sp³-hybridized carbons (Fsp3) is 0.500. The Bertz CT molecular complexity index is 385. The van der Waals surface area contributed by atoms with Gasteiger partial charge in [-0.05, 0) is 26.0 Å². The fourth-order valence-electron chi connectivity index (χ4n) is 2.22. The zero-order valence-corrected chi connectivity index (χ0v) is 11.0. The molecule has 1 aliphatic heterocycles. The lowest BCUT2D eigenvalue weighted by atomic mass is 10.1. The highest BCUT2D eigenvalue weighted by Gasteiger charge is 2.27. The molecule has 2 N–H and O–H groups in total. The van der Waals surface area contributed by atoms with Gasteiger partial charge in [0.25, 0.3) is 0 Å². The van der Waals surface area contributed by atoms with E-state index in [0.717, 1.165) is 12.2 Å². The molecule has 1 saturated heterocycles. The number of nitrogens with zero attached hydrogens (tertiary/aromatic N) is 1. The van der Waals surface area contributed by atoms with Crippen molar-refractivity contribution in [2.75, 3.05) is 24.5 Å². The van der Waals surface area contributed by atoms with E-state index in [-0.39, 0.29) is 11.9 Å². The average Bonchev–Trinajstić information content (AvgIpc) is 2.41. The minimum absolute atomic E-state index is 0.124. The molecule has 1 amide bonds. The monoisotopic (exact) mass is 247 g/mol. The number of hydrogen-bond acceptors (Lipinski definition) is 3. The molecule has 0 bridgehead atoms. The van der Waals surface area contributed by atoms with Gasteiger partial charge in [0.2, 0.25) is 5.91 Å². The van der Waals surface area contributed by atoms with E-state index < -0.39 is 0 Å². The third kappa shape index (κ3) is 2.89. The van der Waals surface area contributed by atoms with E-state index in [1.54, 1.807) is 0 Å². The number of rotatable bonds is 3. The van der Waals surface area contributed by atoms with Crippen LogP contribution in [0.4, 0.5) is 5.69 Å². The van der Waals surface area contributed by atoms with Crippen molar-refractivity contribution in [3.8, 4) is 0 Å². The highest BCUT2D eigenvalue weighted by molar-refractivity contribution is 5.97. The van der Waals surface area contributed by atoms with Crippen molar-refractivity contribution in [3.05, 3.63) is 30.3 Å². The molecule has 1 aliphatic rings. The van der Waals surface area contributed by atoms with E-state index >= 15 is 0 Å². The van der Waals surface area contributed by atoms with E-state index in [9.17, 15) is 4.79 Å². The van der Waals surface area contributed by atoms with Crippen molar-refractivity contribution < 1.29 is 4.79 Å². The van der Waals surface area contributed by atoms with Crippen molar-refractivity contribution in [2.45, 2.75) is 25.9 Å². The topological polar surface area (TPSA) is 44.4 Å². The molecule has 0 saturated carbocycles. The minimum atomic E-state index is -0.124. The Morgan fingerprint density at radius 1 is 1.28 bits per heavy atom. The third-order valence-electron chi connectivity index (χ3n) is 3.29.